The van der Waals surface area contributed by atoms with Gasteiger partial charge in [0.25, 0.3) is 0 Å². The second-order valence-electron chi connectivity index (χ2n) is 10.2. The van der Waals surface area contributed by atoms with Crippen LogP contribution in [0.5, 0.6) is 0 Å². The fourth-order valence-electron chi connectivity index (χ4n) is 6.75. The van der Waals surface area contributed by atoms with Gasteiger partial charge in [0.05, 0.1) is 29.2 Å². The highest BCUT2D eigenvalue weighted by Gasteiger charge is 2.77. The summed E-state index contributed by atoms with van der Waals surface area (Å²) in [5.74, 6) is -3.30. The van der Waals surface area contributed by atoms with Crippen molar-refractivity contribution in [2.24, 2.45) is 17.8 Å². The molecule has 7 nitrogen and oxygen atoms in total. The van der Waals surface area contributed by atoms with Gasteiger partial charge in [-0.15, -0.1) is 18.3 Å². The van der Waals surface area contributed by atoms with Gasteiger partial charge in [-0.25, -0.2) is 0 Å². The molecule has 194 valence electrons. The van der Waals surface area contributed by atoms with Crippen LogP contribution in [-0.2, 0) is 20.9 Å². The third-order valence-corrected chi connectivity index (χ3v) is 10.3. The van der Waals surface area contributed by atoms with E-state index in [-0.39, 0.29) is 36.1 Å². The Kier molecular flexibility index (Phi) is 6.89. The van der Waals surface area contributed by atoms with E-state index in [1.54, 1.807) is 11.0 Å². The van der Waals surface area contributed by atoms with Crippen LogP contribution in [0.2, 0.25) is 0 Å². The number of carboxylic acids is 1. The molecule has 0 aliphatic carbocycles. The Morgan fingerprint density at radius 1 is 1.19 bits per heavy atom. The Morgan fingerprint density at radius 2 is 1.84 bits per heavy atom. The number of aliphatic carboxylic acids is 1. The number of aliphatic hydroxyl groups is 1. The van der Waals surface area contributed by atoms with Crippen molar-refractivity contribution in [1.29, 1.82) is 0 Å². The lowest BCUT2D eigenvalue weighted by atomic mass is 9.66. The highest BCUT2D eigenvalue weighted by atomic mass is 32.2. The lowest BCUT2D eigenvalue weighted by molar-refractivity contribution is -0.150. The quantitative estimate of drug-likeness (QED) is 0.492. The standard InChI is InChI=1S/C29H32N2O5S/c1-3-14-30(16-19-10-6-4-7-11-19)27(34)25-29-18(2)15-22(37-29)23(28(35)36)24(29)26(33)31(25)21(17-32)20-12-8-5-9-13-20/h3-13,18,21-25,32H,1,14-17H2,2H3,(H,35,36)/t18?,21-,22+,23-,24+,25?,29?/m1/s1. The minimum Gasteiger partial charge on any atom is -0.481 e. The second kappa shape index (κ2) is 9.99. The van der Waals surface area contributed by atoms with Crippen LogP contribution in [-0.4, -0.2) is 67.0 Å². The first-order valence-electron chi connectivity index (χ1n) is 12.7. The molecule has 8 heteroatoms. The van der Waals surface area contributed by atoms with E-state index in [9.17, 15) is 24.6 Å². The number of rotatable bonds is 9. The number of likely N-dealkylation sites (tertiary alicyclic amines) is 1. The number of carboxylic acid groups (broad SMARTS) is 1. The van der Waals surface area contributed by atoms with Crippen LogP contribution in [0.4, 0.5) is 0 Å². The number of hydrogen-bond donors (Lipinski definition) is 2. The number of fused-ring (bicyclic) bond motifs is 1. The first-order chi connectivity index (χ1) is 17.8. The molecule has 3 saturated heterocycles. The highest BCUT2D eigenvalue weighted by Crippen LogP contribution is 2.69. The summed E-state index contributed by atoms with van der Waals surface area (Å²) in [6.07, 6.45) is 2.30. The first-order valence-corrected chi connectivity index (χ1v) is 13.5. The average Bonchev–Trinajstić information content (AvgIpc) is 3.49. The van der Waals surface area contributed by atoms with E-state index in [1.807, 2.05) is 67.6 Å². The second-order valence-corrected chi connectivity index (χ2v) is 11.8. The lowest BCUT2D eigenvalue weighted by Crippen LogP contribution is -2.57. The number of amides is 2. The summed E-state index contributed by atoms with van der Waals surface area (Å²) in [7, 11) is 0. The summed E-state index contributed by atoms with van der Waals surface area (Å²) >= 11 is 1.50. The molecule has 3 heterocycles. The van der Waals surface area contributed by atoms with Crippen molar-refractivity contribution in [1.82, 2.24) is 9.80 Å². The fourth-order valence-corrected chi connectivity index (χ4v) is 9.15. The van der Waals surface area contributed by atoms with Crippen molar-refractivity contribution >= 4 is 29.5 Å². The molecule has 3 unspecified atom stereocenters. The number of aliphatic hydroxyl groups excluding tert-OH is 1. The molecule has 3 aliphatic heterocycles. The molecule has 1 spiro atoms. The van der Waals surface area contributed by atoms with E-state index in [1.165, 1.54) is 16.7 Å². The molecule has 7 atom stereocenters. The van der Waals surface area contributed by atoms with Crippen LogP contribution >= 0.6 is 11.8 Å². The highest BCUT2D eigenvalue weighted by molar-refractivity contribution is 8.02. The normalized spacial score (nSPS) is 30.7. The molecule has 2 bridgehead atoms. The summed E-state index contributed by atoms with van der Waals surface area (Å²) in [5, 5.41) is 20.5. The SMILES string of the molecule is C=CCN(Cc1ccccc1)C(=O)C1N([C@H](CO)c2ccccc2)C(=O)[C@@H]2[C@H](C(=O)O)[C@@H]3CC(C)C12S3. The van der Waals surface area contributed by atoms with E-state index >= 15 is 0 Å². The van der Waals surface area contributed by atoms with Crippen LogP contribution in [0.25, 0.3) is 0 Å². The summed E-state index contributed by atoms with van der Waals surface area (Å²) < 4.78 is -0.875. The number of benzene rings is 2. The number of hydrogen-bond acceptors (Lipinski definition) is 5. The smallest absolute Gasteiger partial charge is 0.308 e. The van der Waals surface area contributed by atoms with Crippen LogP contribution in [0, 0.1) is 17.8 Å². The van der Waals surface area contributed by atoms with Crippen molar-refractivity contribution in [2.75, 3.05) is 13.2 Å². The van der Waals surface area contributed by atoms with Crippen LogP contribution in [0.1, 0.15) is 30.5 Å². The Bertz CT molecular complexity index is 1190. The van der Waals surface area contributed by atoms with E-state index in [4.69, 9.17) is 0 Å². The summed E-state index contributed by atoms with van der Waals surface area (Å²) in [6, 6.07) is 17.1. The maximum atomic E-state index is 14.5. The monoisotopic (exact) mass is 520 g/mol. The number of carbonyl (C=O) groups is 3. The van der Waals surface area contributed by atoms with Crippen molar-refractivity contribution in [2.45, 2.75) is 42.0 Å². The molecule has 3 aliphatic rings. The minimum absolute atomic E-state index is 0.0385. The van der Waals surface area contributed by atoms with Crippen LogP contribution in [0.15, 0.2) is 73.3 Å². The van der Waals surface area contributed by atoms with Gasteiger partial charge >= 0.3 is 5.97 Å². The number of nitrogens with zero attached hydrogens (tertiary/aromatic N) is 2. The Balaban J connectivity index is 1.63. The lowest BCUT2D eigenvalue weighted by Gasteiger charge is -2.42. The van der Waals surface area contributed by atoms with Gasteiger partial charge in [0.15, 0.2) is 0 Å². The Hall–Kier alpha value is -3.10. The average molecular weight is 521 g/mol. The van der Waals surface area contributed by atoms with Crippen molar-refractivity contribution < 1.29 is 24.6 Å². The van der Waals surface area contributed by atoms with Gasteiger partial charge in [0, 0.05) is 18.3 Å². The van der Waals surface area contributed by atoms with Gasteiger partial charge < -0.3 is 20.0 Å². The third-order valence-electron chi connectivity index (χ3n) is 8.27. The molecule has 2 amide bonds. The zero-order valence-electron chi connectivity index (χ0n) is 20.8. The van der Waals surface area contributed by atoms with Gasteiger partial charge in [0.1, 0.15) is 6.04 Å². The van der Waals surface area contributed by atoms with E-state index in [2.05, 4.69) is 6.58 Å². The zero-order chi connectivity index (χ0) is 26.3. The molecule has 2 N–H and O–H groups in total. The predicted molar refractivity (Wildman–Crippen MR) is 141 cm³/mol. The van der Waals surface area contributed by atoms with Crippen molar-refractivity contribution in [3.63, 3.8) is 0 Å². The van der Waals surface area contributed by atoms with Gasteiger partial charge in [-0.05, 0) is 23.5 Å². The molecular weight excluding hydrogens is 488 g/mol. The van der Waals surface area contributed by atoms with E-state index < -0.39 is 34.6 Å². The first kappa shape index (κ1) is 25.5. The zero-order valence-corrected chi connectivity index (χ0v) is 21.6. The fraction of sp³-hybridized carbons (Fsp3) is 0.414. The van der Waals surface area contributed by atoms with Gasteiger partial charge in [-0.1, -0.05) is 73.7 Å². The molecule has 0 saturated carbocycles. The molecule has 3 fully saturated rings. The Labute approximate surface area is 221 Å². The number of carbonyl (C=O) groups excluding carboxylic acids is 2. The maximum absolute atomic E-state index is 14.5. The molecule has 2 aromatic rings. The molecule has 2 aromatic carbocycles. The van der Waals surface area contributed by atoms with E-state index in [0.29, 0.717) is 18.5 Å². The topological polar surface area (TPSA) is 98.2 Å². The third kappa shape index (κ3) is 3.97. The van der Waals surface area contributed by atoms with Crippen LogP contribution in [0.3, 0.4) is 0 Å². The summed E-state index contributed by atoms with van der Waals surface area (Å²) in [4.78, 5) is 44.4. The molecule has 0 aromatic heterocycles. The van der Waals surface area contributed by atoms with Gasteiger partial charge in [-0.2, -0.15) is 0 Å². The molecule has 5 rings (SSSR count). The molecule has 0 radical (unpaired) electrons. The Morgan fingerprint density at radius 3 is 2.43 bits per heavy atom. The summed E-state index contributed by atoms with van der Waals surface area (Å²) in [6.45, 7) is 6.13. The molecular formula is C29H32N2O5S. The molecule has 37 heavy (non-hydrogen) atoms. The maximum Gasteiger partial charge on any atom is 0.308 e. The van der Waals surface area contributed by atoms with Crippen LogP contribution < -0.4 is 0 Å². The minimum atomic E-state index is -0.995. The van der Waals surface area contributed by atoms with Gasteiger partial charge in [0.2, 0.25) is 11.8 Å². The van der Waals surface area contributed by atoms with E-state index in [0.717, 1.165) is 5.56 Å². The summed E-state index contributed by atoms with van der Waals surface area (Å²) in [5.41, 5.74) is 1.66. The van der Waals surface area contributed by atoms with Gasteiger partial charge in [-0.3, -0.25) is 14.4 Å². The predicted octanol–water partition coefficient (Wildman–Crippen LogP) is 3.36. The number of thioether (sulfide) groups is 1. The largest absolute Gasteiger partial charge is 0.481 e. The van der Waals surface area contributed by atoms with Crippen molar-refractivity contribution in [3.8, 4) is 0 Å². The van der Waals surface area contributed by atoms with Crippen molar-refractivity contribution in [3.05, 3.63) is 84.4 Å².